The molecule has 0 aliphatic heterocycles. The Morgan fingerprint density at radius 1 is 1.12 bits per heavy atom. The van der Waals surface area contributed by atoms with Crippen LogP contribution in [0.5, 0.6) is 0 Å². The van der Waals surface area contributed by atoms with Crippen molar-refractivity contribution < 1.29 is 4.79 Å². The Labute approximate surface area is 143 Å². The van der Waals surface area contributed by atoms with Crippen LogP contribution in [-0.2, 0) is 0 Å². The predicted molar refractivity (Wildman–Crippen MR) is 98.1 cm³/mol. The zero-order chi connectivity index (χ0) is 17.6. The summed E-state index contributed by atoms with van der Waals surface area (Å²) in [5, 5.41) is 6.23. The fraction of sp³-hybridized carbons (Fsp3) is 0.421. The van der Waals surface area contributed by atoms with Crippen LogP contribution in [0.15, 0.2) is 36.4 Å². The van der Waals surface area contributed by atoms with Gasteiger partial charge in [-0.05, 0) is 27.2 Å². The molecule has 1 heterocycles. The van der Waals surface area contributed by atoms with E-state index >= 15 is 0 Å². The summed E-state index contributed by atoms with van der Waals surface area (Å²) in [5.74, 6) is 1.04. The maximum absolute atomic E-state index is 12.5. The maximum Gasteiger partial charge on any atom is 0.270 e. The van der Waals surface area contributed by atoms with Crippen LogP contribution in [0.1, 0.15) is 51.0 Å². The molecule has 24 heavy (non-hydrogen) atoms. The van der Waals surface area contributed by atoms with Crippen LogP contribution >= 0.6 is 0 Å². The van der Waals surface area contributed by atoms with Gasteiger partial charge in [-0.25, -0.2) is 9.97 Å². The lowest BCUT2D eigenvalue weighted by Gasteiger charge is -2.20. The standard InChI is InChI=1S/C19H26N4O/c1-5-6-12-20-16-13-15(18(24)23-19(2,3)4)21-17(22-16)14-10-8-7-9-11-14/h7-11,13H,5-6,12H2,1-4H3,(H,23,24)(H,20,21,22). The summed E-state index contributed by atoms with van der Waals surface area (Å²) >= 11 is 0. The number of benzene rings is 1. The van der Waals surface area contributed by atoms with Gasteiger partial charge in [0.05, 0.1) is 0 Å². The number of hydrogen-bond donors (Lipinski definition) is 2. The maximum atomic E-state index is 12.5. The summed E-state index contributed by atoms with van der Waals surface area (Å²) in [5.41, 5.74) is 0.948. The average molecular weight is 326 g/mol. The van der Waals surface area contributed by atoms with Gasteiger partial charge < -0.3 is 10.6 Å². The smallest absolute Gasteiger partial charge is 0.270 e. The number of hydrogen-bond acceptors (Lipinski definition) is 4. The van der Waals surface area contributed by atoms with Gasteiger partial charge in [-0.2, -0.15) is 0 Å². The Bertz CT molecular complexity index is 678. The third kappa shape index (κ3) is 5.33. The van der Waals surface area contributed by atoms with Gasteiger partial charge in [-0.1, -0.05) is 43.7 Å². The van der Waals surface area contributed by atoms with Gasteiger partial charge in [0.2, 0.25) is 0 Å². The second kappa shape index (κ2) is 7.90. The van der Waals surface area contributed by atoms with Crippen LogP contribution < -0.4 is 10.6 Å². The molecule has 0 fully saturated rings. The highest BCUT2D eigenvalue weighted by molar-refractivity contribution is 5.93. The molecule has 0 aliphatic carbocycles. The second-order valence-electron chi connectivity index (χ2n) is 6.81. The normalized spacial score (nSPS) is 11.2. The summed E-state index contributed by atoms with van der Waals surface area (Å²) < 4.78 is 0. The summed E-state index contributed by atoms with van der Waals surface area (Å²) in [7, 11) is 0. The molecule has 0 aliphatic rings. The summed E-state index contributed by atoms with van der Waals surface area (Å²) in [4.78, 5) is 21.5. The van der Waals surface area contributed by atoms with Gasteiger partial charge in [-0.15, -0.1) is 0 Å². The quantitative estimate of drug-likeness (QED) is 0.791. The lowest BCUT2D eigenvalue weighted by atomic mass is 10.1. The van der Waals surface area contributed by atoms with Gasteiger partial charge in [0.1, 0.15) is 11.5 Å². The molecule has 5 nitrogen and oxygen atoms in total. The zero-order valence-electron chi connectivity index (χ0n) is 14.9. The number of carbonyl (C=O) groups excluding carboxylic acids is 1. The van der Waals surface area contributed by atoms with E-state index in [2.05, 4.69) is 27.5 Å². The Balaban J connectivity index is 2.35. The number of anilines is 1. The number of carbonyl (C=O) groups is 1. The van der Waals surface area contributed by atoms with Gasteiger partial charge in [0, 0.05) is 23.7 Å². The van der Waals surface area contributed by atoms with Crippen molar-refractivity contribution in [3.05, 3.63) is 42.1 Å². The molecular formula is C19H26N4O. The van der Waals surface area contributed by atoms with Crippen LogP contribution in [0.3, 0.4) is 0 Å². The number of nitrogens with one attached hydrogen (secondary N) is 2. The number of nitrogens with zero attached hydrogens (tertiary/aromatic N) is 2. The van der Waals surface area contributed by atoms with Gasteiger partial charge in [0.25, 0.3) is 5.91 Å². The molecule has 1 amide bonds. The Morgan fingerprint density at radius 2 is 1.83 bits per heavy atom. The fourth-order valence-electron chi connectivity index (χ4n) is 2.17. The predicted octanol–water partition coefficient (Wildman–Crippen LogP) is 3.88. The molecule has 5 heteroatoms. The molecule has 0 saturated heterocycles. The SMILES string of the molecule is CCCCNc1cc(C(=O)NC(C)(C)C)nc(-c2ccccc2)n1. The highest BCUT2D eigenvalue weighted by Gasteiger charge is 2.18. The Morgan fingerprint density at radius 3 is 2.46 bits per heavy atom. The van der Waals surface area contributed by atoms with E-state index in [4.69, 9.17) is 0 Å². The van der Waals surface area contributed by atoms with Crippen LogP contribution in [0, 0.1) is 0 Å². The van der Waals surface area contributed by atoms with Crippen molar-refractivity contribution >= 4 is 11.7 Å². The molecular weight excluding hydrogens is 300 g/mol. The van der Waals surface area contributed by atoms with Crippen molar-refractivity contribution in [2.45, 2.75) is 46.1 Å². The summed E-state index contributed by atoms with van der Waals surface area (Å²) in [6.07, 6.45) is 2.15. The minimum absolute atomic E-state index is 0.194. The summed E-state index contributed by atoms with van der Waals surface area (Å²) in [6, 6.07) is 11.4. The molecule has 128 valence electrons. The molecule has 2 rings (SSSR count). The first kappa shape index (κ1) is 17.9. The highest BCUT2D eigenvalue weighted by atomic mass is 16.2. The summed E-state index contributed by atoms with van der Waals surface area (Å²) in [6.45, 7) is 8.81. The van der Waals surface area contributed by atoms with E-state index < -0.39 is 0 Å². The van der Waals surface area contributed by atoms with E-state index in [1.165, 1.54) is 0 Å². The first-order chi connectivity index (χ1) is 11.4. The monoisotopic (exact) mass is 326 g/mol. The van der Waals surface area contributed by atoms with Gasteiger partial charge in [-0.3, -0.25) is 4.79 Å². The van der Waals surface area contributed by atoms with Crippen LogP contribution in [0.4, 0.5) is 5.82 Å². The van der Waals surface area contributed by atoms with Crippen molar-refractivity contribution in [2.75, 3.05) is 11.9 Å². The first-order valence-electron chi connectivity index (χ1n) is 8.40. The number of aromatic nitrogens is 2. The molecule has 0 spiro atoms. The molecule has 1 aromatic carbocycles. The molecule has 0 unspecified atom stereocenters. The minimum atomic E-state index is -0.315. The third-order valence-corrected chi connectivity index (χ3v) is 3.32. The van der Waals surface area contributed by atoms with E-state index in [0.717, 1.165) is 24.9 Å². The second-order valence-corrected chi connectivity index (χ2v) is 6.81. The first-order valence-corrected chi connectivity index (χ1v) is 8.40. The minimum Gasteiger partial charge on any atom is -0.370 e. The molecule has 0 atom stereocenters. The van der Waals surface area contributed by atoms with E-state index in [1.807, 2.05) is 51.1 Å². The van der Waals surface area contributed by atoms with E-state index in [1.54, 1.807) is 6.07 Å². The van der Waals surface area contributed by atoms with Crippen molar-refractivity contribution in [2.24, 2.45) is 0 Å². The lowest BCUT2D eigenvalue weighted by Crippen LogP contribution is -2.41. The van der Waals surface area contributed by atoms with Crippen LogP contribution in [0.2, 0.25) is 0 Å². The van der Waals surface area contributed by atoms with Crippen LogP contribution in [-0.4, -0.2) is 28.0 Å². The largest absolute Gasteiger partial charge is 0.370 e. The molecule has 0 saturated carbocycles. The van der Waals surface area contributed by atoms with Crippen molar-refractivity contribution in [3.8, 4) is 11.4 Å². The lowest BCUT2D eigenvalue weighted by molar-refractivity contribution is 0.0914. The van der Waals surface area contributed by atoms with Crippen molar-refractivity contribution in [1.29, 1.82) is 0 Å². The fourth-order valence-corrected chi connectivity index (χ4v) is 2.17. The van der Waals surface area contributed by atoms with E-state index in [-0.39, 0.29) is 11.4 Å². The highest BCUT2D eigenvalue weighted by Crippen LogP contribution is 2.18. The number of amides is 1. The molecule has 1 aromatic heterocycles. The van der Waals surface area contributed by atoms with E-state index in [0.29, 0.717) is 17.3 Å². The van der Waals surface area contributed by atoms with Crippen molar-refractivity contribution in [3.63, 3.8) is 0 Å². The third-order valence-electron chi connectivity index (χ3n) is 3.32. The Hall–Kier alpha value is -2.43. The zero-order valence-corrected chi connectivity index (χ0v) is 14.9. The molecule has 2 N–H and O–H groups in total. The van der Waals surface area contributed by atoms with Crippen LogP contribution in [0.25, 0.3) is 11.4 Å². The van der Waals surface area contributed by atoms with Crippen molar-refractivity contribution in [1.82, 2.24) is 15.3 Å². The van der Waals surface area contributed by atoms with Gasteiger partial charge in [0.15, 0.2) is 5.82 Å². The average Bonchev–Trinajstić information content (AvgIpc) is 2.54. The molecule has 0 radical (unpaired) electrons. The van der Waals surface area contributed by atoms with E-state index in [9.17, 15) is 4.79 Å². The number of rotatable bonds is 6. The molecule has 2 aromatic rings. The number of unbranched alkanes of at least 4 members (excludes halogenated alkanes) is 1. The molecule has 0 bridgehead atoms. The topological polar surface area (TPSA) is 66.9 Å². The Kier molecular flexibility index (Phi) is 5.90. The van der Waals surface area contributed by atoms with Gasteiger partial charge >= 0.3 is 0 Å².